The van der Waals surface area contributed by atoms with Crippen molar-refractivity contribution in [2.75, 3.05) is 0 Å². The molecule has 0 saturated carbocycles. The average molecular weight is 614 g/mol. The van der Waals surface area contributed by atoms with Gasteiger partial charge in [0.2, 0.25) is 5.88 Å². The third kappa shape index (κ3) is 5.61. The van der Waals surface area contributed by atoms with Gasteiger partial charge in [0, 0.05) is 34.0 Å². The quantitative estimate of drug-likeness (QED) is 0.215. The molecule has 0 aliphatic heterocycles. The monoisotopic (exact) mass is 613 g/mol. The second kappa shape index (κ2) is 10.9. The molecule has 0 bridgehead atoms. The zero-order valence-electron chi connectivity index (χ0n) is 29.2. The lowest BCUT2D eigenvalue weighted by atomic mass is 9.83. The summed E-state index contributed by atoms with van der Waals surface area (Å²) in [6.07, 6.45) is 0. The summed E-state index contributed by atoms with van der Waals surface area (Å²) in [5.74, 6) is 2.46. The maximum Gasteiger partial charge on any atom is 0.219 e. The molecule has 0 aliphatic carbocycles. The molecule has 1 N–H and O–H groups in total. The van der Waals surface area contributed by atoms with Gasteiger partial charge in [-0.25, -0.2) is 9.97 Å². The third-order valence-corrected chi connectivity index (χ3v) is 8.93. The van der Waals surface area contributed by atoms with E-state index in [4.69, 9.17) is 14.7 Å². The number of phenolic OH excluding ortho intramolecular Hbond substituents is 1. The van der Waals surface area contributed by atoms with Crippen LogP contribution in [0.1, 0.15) is 104 Å². The Labute approximate surface area is 273 Å². The average Bonchev–Trinajstić information content (AvgIpc) is 3.29. The van der Waals surface area contributed by atoms with Crippen molar-refractivity contribution in [2.24, 2.45) is 0 Å². The van der Waals surface area contributed by atoms with Gasteiger partial charge in [-0.05, 0) is 75.3 Å². The number of fused-ring (bicyclic) bond motifs is 4. The third-order valence-electron chi connectivity index (χ3n) is 8.93. The molecule has 238 valence electrons. The standard InChI is InChI=1S/C41H47N3O2/c1-24(2)31-13-12-14-35(42-31)44-32-21-25(39(3,4)5)15-16-28(32)37-30(41(9,10)11)22-26(23-33(37)44)46-36-20-17-27-29(40(6,7)8)18-19-34(45)38(27)43-36/h12-24,45H,1-11H3. The minimum atomic E-state index is -0.177. The number of aromatic nitrogens is 3. The highest BCUT2D eigenvalue weighted by molar-refractivity contribution is 6.12. The van der Waals surface area contributed by atoms with Crippen LogP contribution in [0.2, 0.25) is 0 Å². The molecule has 6 aromatic rings. The SMILES string of the molecule is CC(C)c1cccc(-n2c3cc(C(C)(C)C)ccc3c3c(C(C)(C)C)cc(Oc4ccc5c(C(C)(C)C)ccc(O)c5n4)cc32)n1. The summed E-state index contributed by atoms with van der Waals surface area (Å²) in [6, 6.07) is 25.0. The molecule has 0 unspecified atom stereocenters. The van der Waals surface area contributed by atoms with Crippen molar-refractivity contribution < 1.29 is 9.84 Å². The summed E-state index contributed by atoms with van der Waals surface area (Å²) in [5, 5.41) is 14.1. The zero-order valence-corrected chi connectivity index (χ0v) is 29.2. The summed E-state index contributed by atoms with van der Waals surface area (Å²) in [7, 11) is 0. The first kappa shape index (κ1) is 31.6. The van der Waals surface area contributed by atoms with Gasteiger partial charge in [0.1, 0.15) is 22.8 Å². The van der Waals surface area contributed by atoms with Crippen LogP contribution in [0.4, 0.5) is 0 Å². The van der Waals surface area contributed by atoms with Crippen molar-refractivity contribution in [3.8, 4) is 23.2 Å². The van der Waals surface area contributed by atoms with Gasteiger partial charge < -0.3 is 9.84 Å². The van der Waals surface area contributed by atoms with E-state index in [-0.39, 0.29) is 22.0 Å². The minimum Gasteiger partial charge on any atom is -0.506 e. The first-order valence-corrected chi connectivity index (χ1v) is 16.3. The summed E-state index contributed by atoms with van der Waals surface area (Å²) in [6.45, 7) is 24.4. The Kier molecular flexibility index (Phi) is 7.46. The Hall–Kier alpha value is -4.38. The molecule has 0 saturated heterocycles. The van der Waals surface area contributed by atoms with Crippen LogP contribution < -0.4 is 4.74 Å². The molecule has 46 heavy (non-hydrogen) atoms. The number of aromatic hydroxyl groups is 1. The van der Waals surface area contributed by atoms with Gasteiger partial charge in [0.15, 0.2) is 0 Å². The van der Waals surface area contributed by atoms with Crippen LogP contribution in [0, 0.1) is 0 Å². The van der Waals surface area contributed by atoms with E-state index in [1.807, 2.05) is 18.2 Å². The molecule has 3 aromatic carbocycles. The van der Waals surface area contributed by atoms with Crippen LogP contribution in [0.3, 0.4) is 0 Å². The fourth-order valence-electron chi connectivity index (χ4n) is 6.38. The van der Waals surface area contributed by atoms with Crippen molar-refractivity contribution >= 4 is 32.7 Å². The van der Waals surface area contributed by atoms with E-state index in [1.165, 1.54) is 21.9 Å². The van der Waals surface area contributed by atoms with Crippen LogP contribution in [0.15, 0.2) is 72.8 Å². The topological polar surface area (TPSA) is 60.2 Å². The molecule has 6 rings (SSSR count). The Balaban J connectivity index is 1.63. The van der Waals surface area contributed by atoms with Gasteiger partial charge in [-0.3, -0.25) is 4.57 Å². The summed E-state index contributed by atoms with van der Waals surface area (Å²) >= 11 is 0. The smallest absolute Gasteiger partial charge is 0.219 e. The predicted octanol–water partition coefficient (Wildman–Crippen LogP) is 11.2. The number of benzene rings is 3. The Bertz CT molecular complexity index is 2120. The molecule has 0 radical (unpaired) electrons. The van der Waals surface area contributed by atoms with E-state index < -0.39 is 0 Å². The van der Waals surface area contributed by atoms with Gasteiger partial charge in [0.05, 0.1) is 11.0 Å². The van der Waals surface area contributed by atoms with Crippen LogP contribution in [0.25, 0.3) is 38.5 Å². The minimum absolute atomic E-state index is 0.00994. The summed E-state index contributed by atoms with van der Waals surface area (Å²) < 4.78 is 8.88. The highest BCUT2D eigenvalue weighted by atomic mass is 16.5. The normalized spacial score (nSPS) is 13.0. The van der Waals surface area contributed by atoms with Gasteiger partial charge in [-0.15, -0.1) is 0 Å². The number of hydrogen-bond donors (Lipinski definition) is 1. The highest BCUT2D eigenvalue weighted by Crippen LogP contribution is 2.43. The van der Waals surface area contributed by atoms with Gasteiger partial charge >= 0.3 is 0 Å². The van der Waals surface area contributed by atoms with E-state index in [0.717, 1.165) is 33.5 Å². The Morgan fingerprint density at radius 1 is 0.674 bits per heavy atom. The van der Waals surface area contributed by atoms with Gasteiger partial charge in [-0.2, -0.15) is 0 Å². The van der Waals surface area contributed by atoms with Gasteiger partial charge in [-0.1, -0.05) is 100 Å². The lowest BCUT2D eigenvalue weighted by molar-refractivity contribution is 0.457. The lowest BCUT2D eigenvalue weighted by Gasteiger charge is -2.23. The molecule has 3 aromatic heterocycles. The second-order valence-corrected chi connectivity index (χ2v) is 16.0. The summed E-state index contributed by atoms with van der Waals surface area (Å²) in [5.41, 5.74) is 7.07. The molecule has 0 spiro atoms. The van der Waals surface area contributed by atoms with E-state index in [9.17, 15) is 5.11 Å². The second-order valence-electron chi connectivity index (χ2n) is 16.0. The molecular formula is C41H47N3O2. The molecule has 0 fully saturated rings. The van der Waals surface area contributed by atoms with Crippen LogP contribution >= 0.6 is 0 Å². The molecule has 0 aliphatic rings. The number of hydrogen-bond acceptors (Lipinski definition) is 4. The van der Waals surface area contributed by atoms with Crippen LogP contribution in [-0.2, 0) is 16.2 Å². The highest BCUT2D eigenvalue weighted by Gasteiger charge is 2.26. The number of pyridine rings is 2. The van der Waals surface area contributed by atoms with Crippen molar-refractivity contribution in [3.05, 3.63) is 95.2 Å². The molecular weight excluding hydrogens is 566 g/mol. The molecule has 3 heterocycles. The number of nitrogens with zero attached hydrogens (tertiary/aromatic N) is 3. The number of rotatable bonds is 4. The summed E-state index contributed by atoms with van der Waals surface area (Å²) in [4.78, 5) is 9.98. The maximum atomic E-state index is 10.8. The number of phenols is 1. The van der Waals surface area contributed by atoms with Crippen molar-refractivity contribution in [1.29, 1.82) is 0 Å². The fraction of sp³-hybridized carbons (Fsp3) is 0.366. The fourth-order valence-corrected chi connectivity index (χ4v) is 6.38. The van der Waals surface area contributed by atoms with E-state index in [2.05, 4.69) is 129 Å². The first-order valence-electron chi connectivity index (χ1n) is 16.3. The molecule has 0 atom stereocenters. The van der Waals surface area contributed by atoms with Gasteiger partial charge in [0.25, 0.3) is 0 Å². The van der Waals surface area contributed by atoms with Crippen molar-refractivity contribution in [1.82, 2.24) is 14.5 Å². The predicted molar refractivity (Wildman–Crippen MR) is 192 cm³/mol. The lowest BCUT2D eigenvalue weighted by Crippen LogP contribution is -2.12. The van der Waals surface area contributed by atoms with E-state index in [1.54, 1.807) is 6.07 Å². The van der Waals surface area contributed by atoms with Crippen molar-refractivity contribution in [3.63, 3.8) is 0 Å². The van der Waals surface area contributed by atoms with Crippen molar-refractivity contribution in [2.45, 2.75) is 98.3 Å². The van der Waals surface area contributed by atoms with E-state index in [0.29, 0.717) is 23.1 Å². The van der Waals surface area contributed by atoms with Crippen LogP contribution in [0.5, 0.6) is 17.4 Å². The Morgan fingerprint density at radius 2 is 1.37 bits per heavy atom. The Morgan fingerprint density at radius 3 is 2.02 bits per heavy atom. The molecule has 5 nitrogen and oxygen atoms in total. The zero-order chi connectivity index (χ0) is 33.3. The largest absolute Gasteiger partial charge is 0.506 e. The van der Waals surface area contributed by atoms with E-state index >= 15 is 0 Å². The molecule has 5 heteroatoms. The maximum absolute atomic E-state index is 10.8. The molecule has 0 amide bonds. The number of ether oxygens (including phenoxy) is 1. The van der Waals surface area contributed by atoms with Crippen LogP contribution in [-0.4, -0.2) is 19.6 Å². The first-order chi connectivity index (χ1) is 21.4.